The van der Waals surface area contributed by atoms with E-state index in [9.17, 15) is 4.79 Å². The molecule has 1 N–H and O–H groups in total. The second-order valence-electron chi connectivity index (χ2n) is 4.84. The van der Waals surface area contributed by atoms with Crippen molar-refractivity contribution in [2.24, 2.45) is 0 Å². The molecular weight excluding hydrogens is 240 g/mol. The quantitative estimate of drug-likeness (QED) is 0.831. The molecule has 0 aromatic carbocycles. The molecule has 0 aliphatic carbocycles. The highest BCUT2D eigenvalue weighted by Gasteiger charge is 2.24. The normalized spacial score (nSPS) is 28.9. The summed E-state index contributed by atoms with van der Waals surface area (Å²) in [6.07, 6.45) is 4.16. The van der Waals surface area contributed by atoms with Gasteiger partial charge in [0.1, 0.15) is 0 Å². The van der Waals surface area contributed by atoms with Gasteiger partial charge in [0, 0.05) is 19.0 Å². The molecule has 5 heteroatoms. The zero-order chi connectivity index (χ0) is 11.4. The molecule has 100 valence electrons. The molecule has 2 unspecified atom stereocenters. The van der Waals surface area contributed by atoms with E-state index in [2.05, 4.69) is 12.2 Å². The zero-order valence-corrected chi connectivity index (χ0v) is 11.3. The van der Waals surface area contributed by atoms with Crippen LogP contribution in [0.25, 0.3) is 0 Å². The van der Waals surface area contributed by atoms with Crippen LogP contribution in [0, 0.1) is 0 Å². The number of nitrogens with one attached hydrogen (secondary N) is 1. The zero-order valence-electron chi connectivity index (χ0n) is 10.5. The highest BCUT2D eigenvalue weighted by Crippen LogP contribution is 2.14. The summed E-state index contributed by atoms with van der Waals surface area (Å²) in [7, 11) is 0. The third-order valence-electron chi connectivity index (χ3n) is 3.56. The largest absolute Gasteiger partial charge is 0.377 e. The Morgan fingerprint density at radius 2 is 2.35 bits per heavy atom. The number of ether oxygens (including phenoxy) is 1. The standard InChI is InChI=1S/C12H22N2O2.ClH/c1-10-9-16-8-7-14(10)12(15)5-4-11-3-2-6-13-11;/h10-11,13H,2-9H2,1H3;1H. The fourth-order valence-corrected chi connectivity index (χ4v) is 2.54. The Balaban J connectivity index is 0.00000144. The third-order valence-corrected chi connectivity index (χ3v) is 3.56. The van der Waals surface area contributed by atoms with Crippen molar-refractivity contribution in [3.05, 3.63) is 0 Å². The van der Waals surface area contributed by atoms with Gasteiger partial charge in [0.2, 0.25) is 5.91 Å². The number of morpholine rings is 1. The summed E-state index contributed by atoms with van der Waals surface area (Å²) in [5.41, 5.74) is 0. The number of hydrogen-bond acceptors (Lipinski definition) is 3. The summed E-state index contributed by atoms with van der Waals surface area (Å²) in [4.78, 5) is 14.0. The van der Waals surface area contributed by atoms with Crippen molar-refractivity contribution in [1.82, 2.24) is 10.2 Å². The number of halogens is 1. The Morgan fingerprint density at radius 3 is 3.00 bits per heavy atom. The number of nitrogens with zero attached hydrogens (tertiary/aromatic N) is 1. The SMILES string of the molecule is CC1COCCN1C(=O)CCC1CCCN1.Cl. The summed E-state index contributed by atoms with van der Waals surface area (Å²) in [6, 6.07) is 0.818. The lowest BCUT2D eigenvalue weighted by Crippen LogP contribution is -2.47. The van der Waals surface area contributed by atoms with Crippen molar-refractivity contribution in [3.63, 3.8) is 0 Å². The van der Waals surface area contributed by atoms with Crippen LogP contribution in [0.2, 0.25) is 0 Å². The molecule has 2 aliphatic rings. The lowest BCUT2D eigenvalue weighted by molar-refractivity contribution is -0.139. The van der Waals surface area contributed by atoms with Gasteiger partial charge in [-0.2, -0.15) is 0 Å². The maximum atomic E-state index is 12.0. The first-order valence-electron chi connectivity index (χ1n) is 6.38. The van der Waals surface area contributed by atoms with Gasteiger partial charge in [0.05, 0.1) is 19.3 Å². The minimum atomic E-state index is 0. The fourth-order valence-electron chi connectivity index (χ4n) is 2.54. The molecule has 1 amide bonds. The van der Waals surface area contributed by atoms with Crippen molar-refractivity contribution < 1.29 is 9.53 Å². The molecule has 0 aromatic heterocycles. The summed E-state index contributed by atoms with van der Waals surface area (Å²) >= 11 is 0. The molecule has 17 heavy (non-hydrogen) atoms. The van der Waals surface area contributed by atoms with Crippen molar-refractivity contribution in [1.29, 1.82) is 0 Å². The summed E-state index contributed by atoms with van der Waals surface area (Å²) in [5.74, 6) is 0.296. The van der Waals surface area contributed by atoms with Crippen LogP contribution in [-0.2, 0) is 9.53 Å². The van der Waals surface area contributed by atoms with E-state index in [-0.39, 0.29) is 18.4 Å². The molecule has 2 heterocycles. The first-order valence-corrected chi connectivity index (χ1v) is 6.38. The molecule has 0 radical (unpaired) electrons. The van der Waals surface area contributed by atoms with Crippen molar-refractivity contribution in [2.75, 3.05) is 26.3 Å². The molecule has 0 bridgehead atoms. The van der Waals surface area contributed by atoms with Crippen LogP contribution in [0.1, 0.15) is 32.6 Å². The molecule has 2 fully saturated rings. The van der Waals surface area contributed by atoms with Gasteiger partial charge in [0.25, 0.3) is 0 Å². The van der Waals surface area contributed by atoms with Gasteiger partial charge in [-0.15, -0.1) is 12.4 Å². The Hall–Kier alpha value is -0.320. The maximum absolute atomic E-state index is 12.0. The molecular formula is C12H23ClN2O2. The third kappa shape index (κ3) is 4.12. The molecule has 2 aliphatic heterocycles. The maximum Gasteiger partial charge on any atom is 0.223 e. The molecule has 0 spiro atoms. The van der Waals surface area contributed by atoms with Gasteiger partial charge >= 0.3 is 0 Å². The van der Waals surface area contributed by atoms with Crippen LogP contribution in [0.5, 0.6) is 0 Å². The average molecular weight is 263 g/mol. The van der Waals surface area contributed by atoms with Gasteiger partial charge in [-0.05, 0) is 32.7 Å². The second kappa shape index (κ2) is 7.19. The van der Waals surface area contributed by atoms with Gasteiger partial charge in [-0.1, -0.05) is 0 Å². The summed E-state index contributed by atoms with van der Waals surface area (Å²) in [5, 5.41) is 3.43. The van der Waals surface area contributed by atoms with Crippen molar-refractivity contribution in [3.8, 4) is 0 Å². The van der Waals surface area contributed by atoms with Crippen LogP contribution in [0.4, 0.5) is 0 Å². The number of carbonyl (C=O) groups is 1. The van der Waals surface area contributed by atoms with E-state index in [1.54, 1.807) is 0 Å². The lowest BCUT2D eigenvalue weighted by atomic mass is 10.1. The Morgan fingerprint density at radius 1 is 1.53 bits per heavy atom. The predicted molar refractivity (Wildman–Crippen MR) is 69.5 cm³/mol. The van der Waals surface area contributed by atoms with Crippen LogP contribution >= 0.6 is 12.4 Å². The van der Waals surface area contributed by atoms with Gasteiger partial charge in [-0.3, -0.25) is 4.79 Å². The van der Waals surface area contributed by atoms with Gasteiger partial charge in [0.15, 0.2) is 0 Å². The van der Waals surface area contributed by atoms with E-state index < -0.39 is 0 Å². The summed E-state index contributed by atoms with van der Waals surface area (Å²) < 4.78 is 5.33. The lowest BCUT2D eigenvalue weighted by Gasteiger charge is -2.33. The highest BCUT2D eigenvalue weighted by atomic mass is 35.5. The molecule has 0 aromatic rings. The van der Waals surface area contributed by atoms with E-state index in [0.717, 1.165) is 19.5 Å². The number of rotatable bonds is 3. The average Bonchev–Trinajstić information content (AvgIpc) is 2.79. The number of hydrogen-bond donors (Lipinski definition) is 1. The van der Waals surface area contributed by atoms with E-state index in [0.29, 0.717) is 31.6 Å². The predicted octanol–water partition coefficient (Wildman–Crippen LogP) is 1.19. The summed E-state index contributed by atoms with van der Waals surface area (Å²) in [6.45, 7) is 5.32. The first kappa shape index (κ1) is 14.7. The number of carbonyl (C=O) groups excluding carboxylic acids is 1. The van der Waals surface area contributed by atoms with Crippen LogP contribution < -0.4 is 5.32 Å². The highest BCUT2D eigenvalue weighted by molar-refractivity contribution is 5.85. The first-order chi connectivity index (χ1) is 7.77. The van der Waals surface area contributed by atoms with Gasteiger partial charge < -0.3 is 15.0 Å². The van der Waals surface area contributed by atoms with E-state index in [4.69, 9.17) is 4.74 Å². The Bertz CT molecular complexity index is 245. The molecule has 2 atom stereocenters. The van der Waals surface area contributed by atoms with Crippen LogP contribution in [0.15, 0.2) is 0 Å². The number of amides is 1. The Labute approximate surface area is 109 Å². The molecule has 0 saturated carbocycles. The van der Waals surface area contributed by atoms with Gasteiger partial charge in [-0.25, -0.2) is 0 Å². The molecule has 2 saturated heterocycles. The van der Waals surface area contributed by atoms with E-state index in [1.807, 2.05) is 4.90 Å². The monoisotopic (exact) mass is 262 g/mol. The topological polar surface area (TPSA) is 41.6 Å². The van der Waals surface area contributed by atoms with E-state index in [1.165, 1.54) is 12.8 Å². The smallest absolute Gasteiger partial charge is 0.223 e. The Kier molecular flexibility index (Phi) is 6.23. The van der Waals surface area contributed by atoms with Crippen molar-refractivity contribution >= 4 is 18.3 Å². The van der Waals surface area contributed by atoms with Crippen LogP contribution in [-0.4, -0.2) is 49.2 Å². The molecule has 4 nitrogen and oxygen atoms in total. The fraction of sp³-hybridized carbons (Fsp3) is 0.917. The minimum Gasteiger partial charge on any atom is -0.377 e. The van der Waals surface area contributed by atoms with Crippen LogP contribution in [0.3, 0.4) is 0 Å². The van der Waals surface area contributed by atoms with E-state index >= 15 is 0 Å². The molecule has 2 rings (SSSR count). The minimum absolute atomic E-state index is 0. The van der Waals surface area contributed by atoms with Crippen molar-refractivity contribution in [2.45, 2.75) is 44.7 Å². The second-order valence-corrected chi connectivity index (χ2v) is 4.84.